The molecule has 0 heterocycles. The van der Waals surface area contributed by atoms with Crippen LogP contribution in [0.15, 0.2) is 24.0 Å². The van der Waals surface area contributed by atoms with Crippen LogP contribution in [-0.4, -0.2) is 38.6 Å². The SMILES string of the molecule is CCCCCN(CCC=C(C)/C=C/OP(=O)(O)OP(=O)(O)O)C(C)=O. The summed E-state index contributed by atoms with van der Waals surface area (Å²) < 4.78 is 29.7. The Morgan fingerprint density at radius 1 is 1.12 bits per heavy atom. The largest absolute Gasteiger partial charge is 0.535 e. The van der Waals surface area contributed by atoms with Crippen molar-refractivity contribution in [1.29, 1.82) is 0 Å². The lowest BCUT2D eigenvalue weighted by Crippen LogP contribution is -2.30. The molecule has 146 valence electrons. The van der Waals surface area contributed by atoms with Gasteiger partial charge in [0.15, 0.2) is 0 Å². The van der Waals surface area contributed by atoms with Gasteiger partial charge < -0.3 is 19.2 Å². The lowest BCUT2D eigenvalue weighted by atomic mass is 10.2. The highest BCUT2D eigenvalue weighted by Gasteiger charge is 2.32. The third-order valence-corrected chi connectivity index (χ3v) is 5.14. The molecule has 0 aliphatic carbocycles. The molecule has 0 saturated heterocycles. The summed E-state index contributed by atoms with van der Waals surface area (Å²) >= 11 is 0. The van der Waals surface area contributed by atoms with Crippen molar-refractivity contribution in [1.82, 2.24) is 4.90 Å². The second-order valence-corrected chi connectivity index (χ2v) is 8.18. The van der Waals surface area contributed by atoms with E-state index in [1.165, 1.54) is 13.0 Å². The molecule has 3 N–H and O–H groups in total. The zero-order valence-electron chi connectivity index (χ0n) is 14.7. The minimum atomic E-state index is -5.13. The van der Waals surface area contributed by atoms with Gasteiger partial charge in [0.2, 0.25) is 5.91 Å². The molecule has 0 aliphatic heterocycles. The monoisotopic (exact) mass is 399 g/mol. The van der Waals surface area contributed by atoms with Crippen molar-refractivity contribution >= 4 is 21.6 Å². The fourth-order valence-electron chi connectivity index (χ4n) is 1.86. The number of allylic oxidation sites excluding steroid dienone is 2. The molecule has 0 aromatic heterocycles. The lowest BCUT2D eigenvalue weighted by Gasteiger charge is -2.20. The number of rotatable bonds is 12. The molecule has 0 aromatic rings. The number of hydrogen-bond donors (Lipinski definition) is 3. The zero-order valence-corrected chi connectivity index (χ0v) is 16.5. The van der Waals surface area contributed by atoms with Crippen molar-refractivity contribution < 1.29 is 37.4 Å². The van der Waals surface area contributed by atoms with E-state index in [2.05, 4.69) is 15.8 Å². The first-order chi connectivity index (χ1) is 11.5. The Labute approximate surface area is 148 Å². The number of hydrogen-bond acceptors (Lipinski definition) is 5. The highest BCUT2D eigenvalue weighted by Crippen LogP contribution is 2.57. The van der Waals surface area contributed by atoms with E-state index in [1.807, 2.05) is 6.08 Å². The van der Waals surface area contributed by atoms with Crippen LogP contribution in [0.3, 0.4) is 0 Å². The fraction of sp³-hybridized carbons (Fsp3) is 0.643. The standard InChI is InChI=1S/C14H27NO8P2/c1-4-5-6-10-15(14(3)16)11-7-8-13(2)9-12-22-25(20,21)23-24(17,18)19/h8-9,12H,4-7,10-11H2,1-3H3,(H,20,21)(H2,17,18,19)/b12-9+,13-8?. The topological polar surface area (TPSA) is 134 Å². The molecule has 1 unspecified atom stereocenters. The van der Waals surface area contributed by atoms with E-state index in [0.29, 0.717) is 25.1 Å². The molecule has 0 spiro atoms. The lowest BCUT2D eigenvalue weighted by molar-refractivity contribution is -0.128. The second kappa shape index (κ2) is 11.6. The highest BCUT2D eigenvalue weighted by atomic mass is 31.3. The van der Waals surface area contributed by atoms with Crippen molar-refractivity contribution in [3.8, 4) is 0 Å². The van der Waals surface area contributed by atoms with Crippen LogP contribution >= 0.6 is 15.6 Å². The van der Waals surface area contributed by atoms with Crippen LogP contribution in [0.4, 0.5) is 0 Å². The molecule has 11 heteroatoms. The van der Waals surface area contributed by atoms with Crippen LogP contribution in [0.2, 0.25) is 0 Å². The summed E-state index contributed by atoms with van der Waals surface area (Å²) in [6, 6.07) is 0. The number of carbonyl (C=O) groups is 1. The summed E-state index contributed by atoms with van der Waals surface area (Å²) in [5.41, 5.74) is 0.688. The van der Waals surface area contributed by atoms with Gasteiger partial charge in [0.05, 0.1) is 6.26 Å². The Bertz CT molecular complexity index is 569. The van der Waals surface area contributed by atoms with Gasteiger partial charge in [-0.3, -0.25) is 9.69 Å². The predicted octanol–water partition coefficient (Wildman–Crippen LogP) is 3.10. The van der Waals surface area contributed by atoms with Crippen LogP contribution < -0.4 is 0 Å². The van der Waals surface area contributed by atoms with Gasteiger partial charge in [-0.25, -0.2) is 9.13 Å². The Morgan fingerprint density at radius 3 is 2.28 bits per heavy atom. The van der Waals surface area contributed by atoms with Crippen LogP contribution in [0.1, 0.15) is 46.5 Å². The molecule has 1 amide bonds. The maximum absolute atomic E-state index is 11.5. The molecule has 9 nitrogen and oxygen atoms in total. The van der Waals surface area contributed by atoms with E-state index in [4.69, 9.17) is 14.7 Å². The minimum Gasteiger partial charge on any atom is -0.412 e. The average Bonchev–Trinajstić information content (AvgIpc) is 2.42. The van der Waals surface area contributed by atoms with Gasteiger partial charge in [0.25, 0.3) is 0 Å². The van der Waals surface area contributed by atoms with Crippen LogP contribution in [-0.2, 0) is 22.8 Å². The molecular formula is C14H27NO8P2. The Hall–Kier alpha value is -0.950. The normalized spacial score (nSPS) is 15.2. The quantitative estimate of drug-likeness (QED) is 0.197. The van der Waals surface area contributed by atoms with Gasteiger partial charge in [0.1, 0.15) is 0 Å². The molecule has 0 saturated carbocycles. The van der Waals surface area contributed by atoms with E-state index < -0.39 is 15.6 Å². The van der Waals surface area contributed by atoms with E-state index in [1.54, 1.807) is 11.8 Å². The van der Waals surface area contributed by atoms with Gasteiger partial charge in [0, 0.05) is 20.0 Å². The molecule has 0 fully saturated rings. The predicted molar refractivity (Wildman–Crippen MR) is 93.3 cm³/mol. The molecule has 0 radical (unpaired) electrons. The maximum atomic E-state index is 11.5. The Balaban J connectivity index is 4.41. The molecular weight excluding hydrogens is 372 g/mol. The molecule has 0 aromatic carbocycles. The first-order valence-corrected chi connectivity index (χ1v) is 10.9. The molecule has 25 heavy (non-hydrogen) atoms. The fourth-order valence-corrected chi connectivity index (χ4v) is 3.31. The van der Waals surface area contributed by atoms with Crippen molar-refractivity contribution in [3.63, 3.8) is 0 Å². The van der Waals surface area contributed by atoms with E-state index in [-0.39, 0.29) is 5.91 Å². The van der Waals surface area contributed by atoms with Gasteiger partial charge in [-0.05, 0) is 25.8 Å². The van der Waals surface area contributed by atoms with Crippen molar-refractivity contribution in [3.05, 3.63) is 24.0 Å². The van der Waals surface area contributed by atoms with E-state index >= 15 is 0 Å². The van der Waals surface area contributed by atoms with Crippen LogP contribution in [0.5, 0.6) is 0 Å². The Morgan fingerprint density at radius 2 is 1.76 bits per heavy atom. The summed E-state index contributed by atoms with van der Waals surface area (Å²) in [6.45, 7) is 6.60. The number of phosphoric ester groups is 1. The first-order valence-electron chi connectivity index (χ1n) is 7.83. The van der Waals surface area contributed by atoms with Crippen molar-refractivity contribution in [2.45, 2.75) is 46.5 Å². The third kappa shape index (κ3) is 14.0. The summed E-state index contributed by atoms with van der Waals surface area (Å²) in [6.07, 6.45) is 7.68. The number of amides is 1. The van der Waals surface area contributed by atoms with Gasteiger partial charge in [-0.15, -0.1) is 0 Å². The number of nitrogens with zero attached hydrogens (tertiary/aromatic N) is 1. The van der Waals surface area contributed by atoms with Gasteiger partial charge in [-0.1, -0.05) is 31.4 Å². The van der Waals surface area contributed by atoms with E-state index in [0.717, 1.165) is 25.5 Å². The zero-order chi connectivity index (χ0) is 19.5. The van der Waals surface area contributed by atoms with E-state index in [9.17, 15) is 13.9 Å². The minimum absolute atomic E-state index is 0.0110. The third-order valence-electron chi connectivity index (χ3n) is 3.08. The number of unbranched alkanes of at least 4 members (excludes halogenated alkanes) is 2. The molecule has 1 atom stereocenters. The average molecular weight is 399 g/mol. The summed E-state index contributed by atoms with van der Waals surface area (Å²) in [5, 5.41) is 0. The first kappa shape index (κ1) is 24.1. The smallest absolute Gasteiger partial charge is 0.412 e. The summed E-state index contributed by atoms with van der Waals surface area (Å²) in [5.74, 6) is 0.0110. The molecule has 0 aliphatic rings. The summed E-state index contributed by atoms with van der Waals surface area (Å²) in [4.78, 5) is 39.3. The molecule has 0 rings (SSSR count). The maximum Gasteiger partial charge on any atom is 0.535 e. The van der Waals surface area contributed by atoms with Crippen molar-refractivity contribution in [2.75, 3.05) is 13.1 Å². The van der Waals surface area contributed by atoms with Crippen molar-refractivity contribution in [2.24, 2.45) is 0 Å². The van der Waals surface area contributed by atoms with Gasteiger partial charge >= 0.3 is 15.6 Å². The number of phosphoric acid groups is 2. The molecule has 0 bridgehead atoms. The van der Waals surface area contributed by atoms with Crippen LogP contribution in [0, 0.1) is 0 Å². The highest BCUT2D eigenvalue weighted by molar-refractivity contribution is 7.60. The number of carbonyl (C=O) groups excluding carboxylic acids is 1. The summed E-state index contributed by atoms with van der Waals surface area (Å²) in [7, 11) is -10.00. The van der Waals surface area contributed by atoms with Crippen LogP contribution in [0.25, 0.3) is 0 Å². The Kier molecular flexibility index (Phi) is 11.2. The van der Waals surface area contributed by atoms with Gasteiger partial charge in [-0.2, -0.15) is 4.31 Å². The second-order valence-electron chi connectivity index (χ2n) is 5.40.